The van der Waals surface area contributed by atoms with Crippen LogP contribution in [-0.2, 0) is 16.0 Å². The van der Waals surface area contributed by atoms with Crippen molar-refractivity contribution in [3.63, 3.8) is 0 Å². The van der Waals surface area contributed by atoms with E-state index in [9.17, 15) is 9.59 Å². The monoisotopic (exact) mass is 246 g/mol. The number of aliphatic carboxylic acids is 1. The van der Waals surface area contributed by atoms with Crippen molar-refractivity contribution in [1.29, 1.82) is 0 Å². The number of carbonyl (C=O) groups is 2. The van der Waals surface area contributed by atoms with Gasteiger partial charge in [0, 0.05) is 0 Å². The Morgan fingerprint density at radius 2 is 2.06 bits per heavy atom. The molecule has 1 aromatic rings. The molecule has 1 amide bonds. The second kappa shape index (κ2) is 5.00. The fourth-order valence-corrected chi connectivity index (χ4v) is 1.84. The van der Waals surface area contributed by atoms with Crippen molar-refractivity contribution in [2.24, 2.45) is 5.10 Å². The summed E-state index contributed by atoms with van der Waals surface area (Å²) in [6.45, 7) is 2.10. The van der Waals surface area contributed by atoms with Crippen LogP contribution >= 0.6 is 0 Å². The van der Waals surface area contributed by atoms with Gasteiger partial charge in [-0.15, -0.1) is 0 Å². The molecule has 18 heavy (non-hydrogen) atoms. The lowest BCUT2D eigenvalue weighted by molar-refractivity contribution is -0.129. The largest absolute Gasteiger partial charge is 0.477 e. The molecule has 0 aliphatic carbocycles. The molecule has 0 spiro atoms. The van der Waals surface area contributed by atoms with E-state index in [2.05, 4.69) is 12.0 Å². The van der Waals surface area contributed by atoms with E-state index in [0.717, 1.165) is 17.9 Å². The predicted molar refractivity (Wildman–Crippen MR) is 67.6 cm³/mol. The van der Waals surface area contributed by atoms with Gasteiger partial charge in [-0.3, -0.25) is 4.79 Å². The molecular formula is C13H14N2O3. The van der Waals surface area contributed by atoms with Gasteiger partial charge in [-0.1, -0.05) is 25.5 Å². The summed E-state index contributed by atoms with van der Waals surface area (Å²) >= 11 is 0. The van der Waals surface area contributed by atoms with Crippen LogP contribution in [-0.4, -0.2) is 22.7 Å². The minimum Gasteiger partial charge on any atom is -0.477 e. The maximum atomic E-state index is 11.6. The molecule has 0 aromatic heterocycles. The van der Waals surface area contributed by atoms with Gasteiger partial charge in [0.15, 0.2) is 5.71 Å². The zero-order chi connectivity index (χ0) is 13.1. The summed E-state index contributed by atoms with van der Waals surface area (Å²) < 4.78 is 0. The van der Waals surface area contributed by atoms with Crippen LogP contribution in [0, 0.1) is 0 Å². The minimum absolute atomic E-state index is 0.113. The molecule has 0 saturated heterocycles. The Balaban J connectivity index is 2.21. The summed E-state index contributed by atoms with van der Waals surface area (Å²) in [5.74, 6) is -1.45. The lowest BCUT2D eigenvalue weighted by Gasteiger charge is -2.11. The van der Waals surface area contributed by atoms with Crippen molar-refractivity contribution < 1.29 is 14.7 Å². The number of amides is 1. The SMILES string of the molecule is CCCc1ccc(N2N=C(C(=O)O)CC2=O)cc1. The Morgan fingerprint density at radius 1 is 1.39 bits per heavy atom. The zero-order valence-corrected chi connectivity index (χ0v) is 10.1. The molecule has 0 saturated carbocycles. The first-order valence-corrected chi connectivity index (χ1v) is 5.84. The van der Waals surface area contributed by atoms with Crippen molar-refractivity contribution >= 4 is 23.3 Å². The molecular weight excluding hydrogens is 232 g/mol. The van der Waals surface area contributed by atoms with Gasteiger partial charge < -0.3 is 5.11 Å². The van der Waals surface area contributed by atoms with Gasteiger partial charge >= 0.3 is 5.97 Å². The van der Waals surface area contributed by atoms with Gasteiger partial charge in [-0.2, -0.15) is 10.1 Å². The molecule has 2 rings (SSSR count). The topological polar surface area (TPSA) is 70.0 Å². The third-order valence-corrected chi connectivity index (χ3v) is 2.74. The van der Waals surface area contributed by atoms with Crippen LogP contribution in [0.3, 0.4) is 0 Å². The molecule has 0 bridgehead atoms. The number of carboxylic acids is 1. The predicted octanol–water partition coefficient (Wildman–Crippen LogP) is 1.82. The van der Waals surface area contributed by atoms with Crippen LogP contribution in [0.25, 0.3) is 0 Å². The Hall–Kier alpha value is -2.17. The summed E-state index contributed by atoms with van der Waals surface area (Å²) in [5.41, 5.74) is 1.68. The van der Waals surface area contributed by atoms with Crippen molar-refractivity contribution in [3.8, 4) is 0 Å². The molecule has 0 unspecified atom stereocenters. The maximum Gasteiger partial charge on any atom is 0.352 e. The molecule has 1 aliphatic rings. The fraction of sp³-hybridized carbons (Fsp3) is 0.308. The number of hydrogen-bond acceptors (Lipinski definition) is 3. The van der Waals surface area contributed by atoms with E-state index in [1.165, 1.54) is 5.56 Å². The summed E-state index contributed by atoms with van der Waals surface area (Å²) in [4.78, 5) is 22.4. The summed E-state index contributed by atoms with van der Waals surface area (Å²) in [7, 11) is 0. The highest BCUT2D eigenvalue weighted by molar-refractivity contribution is 6.42. The molecule has 94 valence electrons. The van der Waals surface area contributed by atoms with Crippen LogP contribution in [0.4, 0.5) is 5.69 Å². The van der Waals surface area contributed by atoms with E-state index in [-0.39, 0.29) is 18.0 Å². The average Bonchev–Trinajstić information content (AvgIpc) is 2.73. The second-order valence-corrected chi connectivity index (χ2v) is 4.15. The summed E-state index contributed by atoms with van der Waals surface area (Å²) in [6, 6.07) is 7.44. The number of carbonyl (C=O) groups excluding carboxylic acids is 1. The molecule has 1 aliphatic heterocycles. The standard InChI is InChI=1S/C13H14N2O3/c1-2-3-9-4-6-10(7-5-9)15-12(16)8-11(14-15)13(17)18/h4-7H,2-3,8H2,1H3,(H,17,18). The molecule has 0 fully saturated rings. The smallest absolute Gasteiger partial charge is 0.352 e. The number of aryl methyl sites for hydroxylation is 1. The van der Waals surface area contributed by atoms with Crippen molar-refractivity contribution in [2.45, 2.75) is 26.2 Å². The van der Waals surface area contributed by atoms with Crippen LogP contribution in [0.15, 0.2) is 29.4 Å². The van der Waals surface area contributed by atoms with Crippen molar-refractivity contribution in [1.82, 2.24) is 0 Å². The van der Waals surface area contributed by atoms with Gasteiger partial charge in [0.2, 0.25) is 0 Å². The third-order valence-electron chi connectivity index (χ3n) is 2.74. The molecule has 1 N–H and O–H groups in total. The number of anilines is 1. The van der Waals surface area contributed by atoms with Crippen LogP contribution < -0.4 is 5.01 Å². The van der Waals surface area contributed by atoms with E-state index >= 15 is 0 Å². The van der Waals surface area contributed by atoms with E-state index in [1.807, 2.05) is 12.1 Å². The highest BCUT2D eigenvalue weighted by Gasteiger charge is 2.28. The van der Waals surface area contributed by atoms with Gasteiger partial charge in [0.05, 0.1) is 12.1 Å². The van der Waals surface area contributed by atoms with Crippen LogP contribution in [0.5, 0.6) is 0 Å². The number of hydrogen-bond donors (Lipinski definition) is 1. The fourth-order valence-electron chi connectivity index (χ4n) is 1.84. The molecule has 0 radical (unpaired) electrons. The number of rotatable bonds is 4. The number of carboxylic acid groups (broad SMARTS) is 1. The summed E-state index contributed by atoms with van der Waals surface area (Å²) in [6.07, 6.45) is 1.90. The quantitative estimate of drug-likeness (QED) is 0.880. The third kappa shape index (κ3) is 2.40. The van der Waals surface area contributed by atoms with Crippen molar-refractivity contribution in [3.05, 3.63) is 29.8 Å². The zero-order valence-electron chi connectivity index (χ0n) is 10.1. The molecule has 1 aromatic carbocycles. The Bertz CT molecular complexity index is 505. The van der Waals surface area contributed by atoms with Crippen LogP contribution in [0.2, 0.25) is 0 Å². The van der Waals surface area contributed by atoms with E-state index in [1.54, 1.807) is 12.1 Å². The number of benzene rings is 1. The van der Waals surface area contributed by atoms with Gasteiger partial charge in [0.1, 0.15) is 0 Å². The molecule has 5 nitrogen and oxygen atoms in total. The lowest BCUT2D eigenvalue weighted by atomic mass is 10.1. The first-order chi connectivity index (χ1) is 8.61. The minimum atomic E-state index is -1.14. The number of hydrazone groups is 1. The first kappa shape index (κ1) is 12.3. The number of nitrogens with zero attached hydrogens (tertiary/aromatic N) is 2. The Kier molecular flexibility index (Phi) is 3.41. The average molecular weight is 246 g/mol. The summed E-state index contributed by atoms with van der Waals surface area (Å²) in [5, 5.41) is 13.8. The highest BCUT2D eigenvalue weighted by Crippen LogP contribution is 2.21. The van der Waals surface area contributed by atoms with E-state index in [4.69, 9.17) is 5.11 Å². The maximum absolute atomic E-state index is 11.6. The molecule has 5 heteroatoms. The van der Waals surface area contributed by atoms with Gasteiger partial charge in [-0.05, 0) is 24.1 Å². The second-order valence-electron chi connectivity index (χ2n) is 4.15. The van der Waals surface area contributed by atoms with E-state index in [0.29, 0.717) is 5.69 Å². The lowest BCUT2D eigenvalue weighted by Crippen LogP contribution is -2.19. The molecule has 1 heterocycles. The highest BCUT2D eigenvalue weighted by atomic mass is 16.4. The Morgan fingerprint density at radius 3 is 2.56 bits per heavy atom. The van der Waals surface area contributed by atoms with Gasteiger partial charge in [-0.25, -0.2) is 4.79 Å². The van der Waals surface area contributed by atoms with Crippen LogP contribution in [0.1, 0.15) is 25.3 Å². The normalized spacial score (nSPS) is 14.8. The van der Waals surface area contributed by atoms with Crippen molar-refractivity contribution in [2.75, 3.05) is 5.01 Å². The van der Waals surface area contributed by atoms with Gasteiger partial charge in [0.25, 0.3) is 5.91 Å². The first-order valence-electron chi connectivity index (χ1n) is 5.84. The molecule has 0 atom stereocenters. The van der Waals surface area contributed by atoms with E-state index < -0.39 is 5.97 Å². The Labute approximate surface area is 105 Å².